The summed E-state index contributed by atoms with van der Waals surface area (Å²) < 4.78 is 0. The highest BCUT2D eigenvalue weighted by atomic mass is 16.3. The summed E-state index contributed by atoms with van der Waals surface area (Å²) in [6.45, 7) is 4.84. The molecule has 0 aromatic heterocycles. The molecule has 5 heteroatoms. The topological polar surface area (TPSA) is 69.6 Å². The Morgan fingerprint density at radius 3 is 2.43 bits per heavy atom. The fraction of sp³-hybridized carbons (Fsp3) is 0.556. The molecule has 1 aliphatic rings. The van der Waals surface area contributed by atoms with Gasteiger partial charge in [-0.3, -0.25) is 9.59 Å². The third-order valence-corrected chi connectivity index (χ3v) is 4.32. The van der Waals surface area contributed by atoms with Crippen LogP contribution in [0.4, 0.5) is 0 Å². The highest BCUT2D eigenvalue weighted by Gasteiger charge is 2.29. The smallest absolute Gasteiger partial charge is 0.244 e. The molecule has 126 valence electrons. The summed E-state index contributed by atoms with van der Waals surface area (Å²) in [6.07, 6.45) is 3.13. The van der Waals surface area contributed by atoms with Crippen molar-refractivity contribution >= 4 is 11.8 Å². The fourth-order valence-corrected chi connectivity index (χ4v) is 2.95. The van der Waals surface area contributed by atoms with Crippen LogP contribution in [0.15, 0.2) is 30.3 Å². The summed E-state index contributed by atoms with van der Waals surface area (Å²) in [6, 6.07) is 8.52. The second-order valence-corrected chi connectivity index (χ2v) is 6.49. The van der Waals surface area contributed by atoms with Crippen LogP contribution in [0.5, 0.6) is 0 Å². The van der Waals surface area contributed by atoms with Crippen molar-refractivity contribution in [2.45, 2.75) is 51.2 Å². The van der Waals surface area contributed by atoms with E-state index in [1.54, 1.807) is 26.0 Å². The van der Waals surface area contributed by atoms with Crippen LogP contribution in [0.25, 0.3) is 0 Å². The van der Waals surface area contributed by atoms with Gasteiger partial charge in [-0.1, -0.05) is 30.3 Å². The minimum absolute atomic E-state index is 0.0441. The minimum Gasteiger partial charge on any atom is -0.385 e. The second kappa shape index (κ2) is 7.59. The lowest BCUT2D eigenvalue weighted by Crippen LogP contribution is -2.49. The lowest BCUT2D eigenvalue weighted by molar-refractivity contribution is -0.138. The molecular formula is C18H26N2O3. The Balaban J connectivity index is 1.89. The molecule has 0 saturated carbocycles. The van der Waals surface area contributed by atoms with Crippen LogP contribution in [0.2, 0.25) is 0 Å². The zero-order chi connectivity index (χ0) is 16.9. The first-order valence-electron chi connectivity index (χ1n) is 8.26. The van der Waals surface area contributed by atoms with Crippen LogP contribution in [-0.2, 0) is 15.2 Å². The Hall–Kier alpha value is -1.88. The van der Waals surface area contributed by atoms with Gasteiger partial charge in [0.05, 0.1) is 12.0 Å². The average Bonchev–Trinajstić information content (AvgIpc) is 2.55. The van der Waals surface area contributed by atoms with Gasteiger partial charge >= 0.3 is 0 Å². The Morgan fingerprint density at radius 1 is 1.22 bits per heavy atom. The van der Waals surface area contributed by atoms with Gasteiger partial charge in [0.15, 0.2) is 0 Å². The first-order chi connectivity index (χ1) is 10.9. The van der Waals surface area contributed by atoms with Crippen molar-refractivity contribution in [3.63, 3.8) is 0 Å². The van der Waals surface area contributed by atoms with Crippen molar-refractivity contribution < 1.29 is 14.7 Å². The molecule has 2 N–H and O–H groups in total. The van der Waals surface area contributed by atoms with Gasteiger partial charge < -0.3 is 15.3 Å². The number of nitrogens with zero attached hydrogens (tertiary/aromatic N) is 1. The van der Waals surface area contributed by atoms with E-state index in [4.69, 9.17) is 0 Å². The molecule has 2 rings (SSSR count). The third-order valence-electron chi connectivity index (χ3n) is 4.32. The van der Waals surface area contributed by atoms with Crippen LogP contribution in [0.3, 0.4) is 0 Å². The van der Waals surface area contributed by atoms with Gasteiger partial charge in [0.2, 0.25) is 11.8 Å². The normalized spacial score (nSPS) is 18.8. The average molecular weight is 318 g/mol. The van der Waals surface area contributed by atoms with E-state index in [0.29, 0.717) is 5.56 Å². The van der Waals surface area contributed by atoms with Crippen LogP contribution < -0.4 is 5.32 Å². The van der Waals surface area contributed by atoms with Crippen molar-refractivity contribution in [1.29, 1.82) is 0 Å². The minimum atomic E-state index is -1.25. The summed E-state index contributed by atoms with van der Waals surface area (Å²) in [5.41, 5.74) is -0.565. The quantitative estimate of drug-likeness (QED) is 0.870. The molecule has 0 aliphatic carbocycles. The van der Waals surface area contributed by atoms with Gasteiger partial charge in [0.1, 0.15) is 6.04 Å². The zero-order valence-electron chi connectivity index (χ0n) is 13.9. The number of carbonyl (C=O) groups excluding carboxylic acids is 2. The van der Waals surface area contributed by atoms with Crippen molar-refractivity contribution in [1.82, 2.24) is 10.2 Å². The molecule has 0 bridgehead atoms. The fourth-order valence-electron chi connectivity index (χ4n) is 2.95. The predicted octanol–water partition coefficient (Wildman–Crippen LogP) is 1.80. The highest BCUT2D eigenvalue weighted by Crippen LogP contribution is 2.24. The lowest BCUT2D eigenvalue weighted by atomic mass is 9.92. The Bertz CT molecular complexity index is 536. The van der Waals surface area contributed by atoms with Gasteiger partial charge in [-0.25, -0.2) is 0 Å². The van der Waals surface area contributed by atoms with Crippen molar-refractivity contribution in [2.24, 2.45) is 0 Å². The van der Waals surface area contributed by atoms with E-state index in [0.717, 1.165) is 32.4 Å². The molecule has 23 heavy (non-hydrogen) atoms. The van der Waals surface area contributed by atoms with Gasteiger partial charge in [0, 0.05) is 13.1 Å². The number of rotatable bonds is 5. The van der Waals surface area contributed by atoms with E-state index in [1.807, 2.05) is 23.1 Å². The van der Waals surface area contributed by atoms with Crippen molar-refractivity contribution in [3.8, 4) is 0 Å². The molecule has 2 atom stereocenters. The van der Waals surface area contributed by atoms with Crippen LogP contribution in [0.1, 0.15) is 45.1 Å². The number of amides is 2. The largest absolute Gasteiger partial charge is 0.385 e. The van der Waals surface area contributed by atoms with Crippen LogP contribution in [0, 0.1) is 0 Å². The number of likely N-dealkylation sites (tertiary alicyclic amines) is 1. The first-order valence-corrected chi connectivity index (χ1v) is 8.26. The molecule has 1 unspecified atom stereocenters. The molecule has 0 radical (unpaired) electrons. The van der Waals surface area contributed by atoms with E-state index in [9.17, 15) is 14.7 Å². The van der Waals surface area contributed by atoms with Crippen molar-refractivity contribution in [2.75, 3.05) is 13.1 Å². The number of piperidine rings is 1. The number of nitrogens with one attached hydrogen (secondary N) is 1. The maximum absolute atomic E-state index is 12.3. The number of aliphatic hydroxyl groups is 1. The van der Waals surface area contributed by atoms with Gasteiger partial charge in [-0.2, -0.15) is 0 Å². The van der Waals surface area contributed by atoms with Crippen LogP contribution >= 0.6 is 0 Å². The molecule has 1 aromatic rings. The molecule has 1 fully saturated rings. The van der Waals surface area contributed by atoms with Crippen LogP contribution in [-0.4, -0.2) is 41.0 Å². The maximum atomic E-state index is 12.3. The summed E-state index contributed by atoms with van der Waals surface area (Å²) in [4.78, 5) is 26.3. The van der Waals surface area contributed by atoms with Gasteiger partial charge in [0.25, 0.3) is 0 Å². The summed E-state index contributed by atoms with van der Waals surface area (Å²) in [5.74, 6) is -0.367. The molecular weight excluding hydrogens is 292 g/mol. The molecule has 1 heterocycles. The SMILES string of the molecule is C[C@H](NC(=O)CC(C)(O)c1ccccc1)C(=O)N1CCCCC1. The monoisotopic (exact) mass is 318 g/mol. The Kier molecular flexibility index (Phi) is 5.77. The molecule has 5 nitrogen and oxygen atoms in total. The van der Waals surface area contributed by atoms with Crippen molar-refractivity contribution in [3.05, 3.63) is 35.9 Å². The van der Waals surface area contributed by atoms with E-state index < -0.39 is 11.6 Å². The zero-order valence-corrected chi connectivity index (χ0v) is 13.9. The number of carbonyl (C=O) groups is 2. The summed E-state index contributed by atoms with van der Waals surface area (Å²) in [5, 5.41) is 13.2. The van der Waals surface area contributed by atoms with E-state index in [-0.39, 0.29) is 18.2 Å². The Labute approximate surface area is 137 Å². The molecule has 1 aromatic carbocycles. The Morgan fingerprint density at radius 2 is 1.83 bits per heavy atom. The summed E-state index contributed by atoms with van der Waals surface area (Å²) >= 11 is 0. The molecule has 1 saturated heterocycles. The lowest BCUT2D eigenvalue weighted by Gasteiger charge is -2.30. The number of benzene rings is 1. The molecule has 1 aliphatic heterocycles. The van der Waals surface area contributed by atoms with E-state index in [1.165, 1.54) is 0 Å². The van der Waals surface area contributed by atoms with Gasteiger partial charge in [-0.05, 0) is 38.7 Å². The highest BCUT2D eigenvalue weighted by molar-refractivity contribution is 5.87. The van der Waals surface area contributed by atoms with Gasteiger partial charge in [-0.15, -0.1) is 0 Å². The van der Waals surface area contributed by atoms with E-state index in [2.05, 4.69) is 5.32 Å². The first kappa shape index (κ1) is 17.5. The second-order valence-electron chi connectivity index (χ2n) is 6.49. The molecule has 0 spiro atoms. The maximum Gasteiger partial charge on any atom is 0.244 e. The standard InChI is InChI=1S/C18H26N2O3/c1-14(17(22)20-11-7-4-8-12-20)19-16(21)13-18(2,23)15-9-5-3-6-10-15/h3,5-6,9-10,14,23H,4,7-8,11-13H2,1-2H3,(H,19,21)/t14-,18?/m0/s1. The number of hydrogen-bond donors (Lipinski definition) is 2. The number of hydrogen-bond acceptors (Lipinski definition) is 3. The van der Waals surface area contributed by atoms with E-state index >= 15 is 0 Å². The summed E-state index contributed by atoms with van der Waals surface area (Å²) in [7, 11) is 0. The third kappa shape index (κ3) is 4.79. The molecule has 2 amide bonds. The predicted molar refractivity (Wildman–Crippen MR) is 88.7 cm³/mol.